The summed E-state index contributed by atoms with van der Waals surface area (Å²) in [5.41, 5.74) is 1.04. The fourth-order valence-electron chi connectivity index (χ4n) is 8.75. The third kappa shape index (κ3) is 4.10. The highest BCUT2D eigenvalue weighted by molar-refractivity contribution is 9.09. The molecule has 3 saturated carbocycles. The zero-order valence-electron chi connectivity index (χ0n) is 20.1. The lowest BCUT2D eigenvalue weighted by molar-refractivity contribution is -0.108. The van der Waals surface area contributed by atoms with Crippen molar-refractivity contribution in [2.24, 2.45) is 40.4 Å². The van der Waals surface area contributed by atoms with Crippen LogP contribution in [-0.4, -0.2) is 38.5 Å². The van der Waals surface area contributed by atoms with E-state index in [1.54, 1.807) is 0 Å². The third-order valence-corrected chi connectivity index (χ3v) is 11.8. The van der Waals surface area contributed by atoms with E-state index in [0.29, 0.717) is 34.9 Å². The number of alkyl halides is 1. The fourth-order valence-corrected chi connectivity index (χ4v) is 9.03. The Labute approximate surface area is 198 Å². The molecule has 0 heterocycles. The van der Waals surface area contributed by atoms with Crippen molar-refractivity contribution >= 4 is 15.9 Å². The van der Waals surface area contributed by atoms with Crippen LogP contribution in [0, 0.1) is 40.4 Å². The molecule has 0 aromatic heterocycles. The van der Waals surface area contributed by atoms with Crippen LogP contribution in [0.5, 0.6) is 0 Å². The van der Waals surface area contributed by atoms with Crippen LogP contribution in [0.3, 0.4) is 0 Å². The van der Waals surface area contributed by atoms with Gasteiger partial charge in [0.1, 0.15) is 0 Å². The number of aliphatic hydroxyl groups excluding tert-OH is 2. The highest BCUT2D eigenvalue weighted by Crippen LogP contribution is 2.67. The number of rotatable bonds is 6. The molecule has 10 atom stereocenters. The zero-order chi connectivity index (χ0) is 22.6. The standard InChI is InChI=1S/C27H45BrO3/c1-17(6-5-12-25(2,31)16-28)21-9-10-22-20-8-7-18-14-19(29)15-24(30)27(18,4)23(20)11-13-26(21,22)3/h7,17,19-24,29-31H,5-6,8-16H2,1-4H3/t17-,19?,20+,21-,22+,23+,24?,25?,26-,27+/m1/s1. The molecule has 3 N–H and O–H groups in total. The summed E-state index contributed by atoms with van der Waals surface area (Å²) in [6, 6.07) is 0. The van der Waals surface area contributed by atoms with Crippen molar-refractivity contribution in [3.8, 4) is 0 Å². The van der Waals surface area contributed by atoms with Crippen LogP contribution in [0.4, 0.5) is 0 Å². The van der Waals surface area contributed by atoms with Crippen molar-refractivity contribution in [3.63, 3.8) is 0 Å². The molecule has 4 rings (SSSR count). The van der Waals surface area contributed by atoms with Gasteiger partial charge in [-0.25, -0.2) is 0 Å². The molecule has 3 unspecified atom stereocenters. The monoisotopic (exact) mass is 496 g/mol. The Morgan fingerprint density at radius 3 is 2.65 bits per heavy atom. The minimum Gasteiger partial charge on any atom is -0.393 e. The molecular formula is C27H45BrO3. The number of hydrogen-bond donors (Lipinski definition) is 3. The second kappa shape index (κ2) is 8.71. The van der Waals surface area contributed by atoms with Crippen LogP contribution >= 0.6 is 15.9 Å². The summed E-state index contributed by atoms with van der Waals surface area (Å²) in [5, 5.41) is 32.3. The Hall–Kier alpha value is 0.100. The molecule has 3 nitrogen and oxygen atoms in total. The molecule has 4 aliphatic rings. The first-order chi connectivity index (χ1) is 14.5. The Morgan fingerprint density at radius 1 is 1.19 bits per heavy atom. The van der Waals surface area contributed by atoms with Crippen molar-refractivity contribution in [2.75, 3.05) is 5.33 Å². The van der Waals surface area contributed by atoms with Gasteiger partial charge in [-0.05, 0) is 86.9 Å². The van der Waals surface area contributed by atoms with E-state index < -0.39 is 11.7 Å². The number of allylic oxidation sites excluding steroid dienone is 1. The van der Waals surface area contributed by atoms with E-state index in [4.69, 9.17) is 0 Å². The summed E-state index contributed by atoms with van der Waals surface area (Å²) in [5.74, 6) is 3.50. The number of fused-ring (bicyclic) bond motifs is 5. The molecule has 0 aromatic carbocycles. The molecule has 0 amide bonds. The highest BCUT2D eigenvalue weighted by atomic mass is 79.9. The van der Waals surface area contributed by atoms with Gasteiger partial charge in [0.15, 0.2) is 0 Å². The topological polar surface area (TPSA) is 60.7 Å². The van der Waals surface area contributed by atoms with Gasteiger partial charge in [-0.15, -0.1) is 0 Å². The maximum Gasteiger partial charge on any atom is 0.0716 e. The Balaban J connectivity index is 1.47. The van der Waals surface area contributed by atoms with Gasteiger partial charge in [0.2, 0.25) is 0 Å². The lowest BCUT2D eigenvalue weighted by Crippen LogP contribution is -2.55. The molecule has 0 spiro atoms. The van der Waals surface area contributed by atoms with E-state index in [1.165, 1.54) is 37.7 Å². The van der Waals surface area contributed by atoms with Crippen LogP contribution in [0.2, 0.25) is 0 Å². The smallest absolute Gasteiger partial charge is 0.0716 e. The van der Waals surface area contributed by atoms with E-state index in [1.807, 2.05) is 6.92 Å². The first-order valence-corrected chi connectivity index (χ1v) is 14.0. The molecule has 0 radical (unpaired) electrons. The third-order valence-electron chi connectivity index (χ3n) is 10.6. The molecule has 178 valence electrons. The van der Waals surface area contributed by atoms with Gasteiger partial charge >= 0.3 is 0 Å². The van der Waals surface area contributed by atoms with Gasteiger partial charge in [-0.2, -0.15) is 0 Å². The molecule has 0 aliphatic heterocycles. The predicted octanol–water partition coefficient (Wildman–Crippen LogP) is 5.85. The lowest BCUT2D eigenvalue weighted by Gasteiger charge is -2.59. The Kier molecular flexibility index (Phi) is 6.81. The van der Waals surface area contributed by atoms with E-state index in [2.05, 4.69) is 42.8 Å². The van der Waals surface area contributed by atoms with Gasteiger partial charge < -0.3 is 15.3 Å². The maximum absolute atomic E-state index is 11.1. The SMILES string of the molecule is C[C@H](CCCC(C)(O)CBr)[C@H]1CC[C@H]2[C@@H]3CC=C4CC(O)CC(O)[C@]4(C)[C@H]3CC[C@]12C. The molecule has 0 saturated heterocycles. The number of halogens is 1. The zero-order valence-corrected chi connectivity index (χ0v) is 21.7. The summed E-state index contributed by atoms with van der Waals surface area (Å²) in [6.45, 7) is 9.28. The van der Waals surface area contributed by atoms with Gasteiger partial charge in [0.05, 0.1) is 17.8 Å². The molecular weight excluding hydrogens is 452 g/mol. The molecule has 0 aromatic rings. The fraction of sp³-hybridized carbons (Fsp3) is 0.926. The van der Waals surface area contributed by atoms with Crippen molar-refractivity contribution in [1.82, 2.24) is 0 Å². The van der Waals surface area contributed by atoms with Crippen molar-refractivity contribution in [1.29, 1.82) is 0 Å². The van der Waals surface area contributed by atoms with Gasteiger partial charge in [-0.1, -0.05) is 61.2 Å². The van der Waals surface area contributed by atoms with E-state index in [9.17, 15) is 15.3 Å². The average molecular weight is 498 g/mol. The van der Waals surface area contributed by atoms with Crippen molar-refractivity contribution in [3.05, 3.63) is 11.6 Å². The molecule has 31 heavy (non-hydrogen) atoms. The van der Waals surface area contributed by atoms with Crippen molar-refractivity contribution in [2.45, 2.75) is 110 Å². The maximum atomic E-state index is 11.1. The second-order valence-electron chi connectivity index (χ2n) is 12.5. The minimum absolute atomic E-state index is 0.131. The molecule has 4 aliphatic carbocycles. The lowest BCUT2D eigenvalue weighted by atomic mass is 9.46. The summed E-state index contributed by atoms with van der Waals surface area (Å²) in [6.07, 6.45) is 12.4. The van der Waals surface area contributed by atoms with Crippen LogP contribution < -0.4 is 0 Å². The van der Waals surface area contributed by atoms with Crippen LogP contribution in [0.15, 0.2) is 11.6 Å². The normalized spacial score (nSPS) is 47.5. The van der Waals surface area contributed by atoms with Gasteiger partial charge in [-0.3, -0.25) is 0 Å². The van der Waals surface area contributed by atoms with E-state index in [0.717, 1.165) is 37.5 Å². The molecule has 3 fully saturated rings. The molecule has 0 bridgehead atoms. The summed E-state index contributed by atoms with van der Waals surface area (Å²) >= 11 is 3.44. The van der Waals surface area contributed by atoms with Gasteiger partial charge in [0, 0.05) is 17.2 Å². The quantitative estimate of drug-likeness (QED) is 0.319. The first-order valence-electron chi connectivity index (χ1n) is 12.9. The average Bonchev–Trinajstić information content (AvgIpc) is 3.06. The number of hydrogen-bond acceptors (Lipinski definition) is 3. The van der Waals surface area contributed by atoms with E-state index >= 15 is 0 Å². The summed E-state index contributed by atoms with van der Waals surface area (Å²) < 4.78 is 0. The first kappa shape index (κ1) is 24.2. The summed E-state index contributed by atoms with van der Waals surface area (Å²) in [4.78, 5) is 0. The predicted molar refractivity (Wildman–Crippen MR) is 130 cm³/mol. The largest absolute Gasteiger partial charge is 0.393 e. The Bertz CT molecular complexity index is 690. The molecule has 4 heteroatoms. The summed E-state index contributed by atoms with van der Waals surface area (Å²) in [7, 11) is 0. The number of aliphatic hydroxyl groups is 3. The minimum atomic E-state index is -0.587. The van der Waals surface area contributed by atoms with Crippen LogP contribution in [0.25, 0.3) is 0 Å². The van der Waals surface area contributed by atoms with Gasteiger partial charge in [0.25, 0.3) is 0 Å². The van der Waals surface area contributed by atoms with E-state index in [-0.39, 0.29) is 11.5 Å². The second-order valence-corrected chi connectivity index (χ2v) is 13.0. The highest BCUT2D eigenvalue weighted by Gasteiger charge is 2.60. The van der Waals surface area contributed by atoms with Crippen LogP contribution in [-0.2, 0) is 0 Å². The van der Waals surface area contributed by atoms with Crippen molar-refractivity contribution < 1.29 is 15.3 Å². The van der Waals surface area contributed by atoms with Crippen LogP contribution in [0.1, 0.15) is 91.9 Å². The Morgan fingerprint density at radius 2 is 1.94 bits per heavy atom.